The van der Waals surface area contributed by atoms with E-state index in [0.29, 0.717) is 29.7 Å². The van der Waals surface area contributed by atoms with Crippen molar-refractivity contribution in [3.05, 3.63) is 82.9 Å². The molecule has 0 unspecified atom stereocenters. The molecule has 0 aliphatic rings. The molecule has 30 heavy (non-hydrogen) atoms. The molecule has 0 radical (unpaired) electrons. The highest BCUT2D eigenvalue weighted by Crippen LogP contribution is 2.29. The second kappa shape index (κ2) is 10.6. The van der Waals surface area contributed by atoms with Gasteiger partial charge in [-0.2, -0.15) is 0 Å². The lowest BCUT2D eigenvalue weighted by Crippen LogP contribution is -2.20. The molecule has 0 heterocycles. The zero-order valence-electron chi connectivity index (χ0n) is 17.1. The van der Waals surface area contributed by atoms with Crippen molar-refractivity contribution in [2.75, 3.05) is 23.8 Å². The van der Waals surface area contributed by atoms with E-state index in [2.05, 4.69) is 10.6 Å². The number of benzene rings is 3. The maximum Gasteiger partial charge on any atom is 0.262 e. The third-order valence-electron chi connectivity index (χ3n) is 4.33. The SMILES string of the molecule is CCOc1cc(CNc2ccccc2Cl)ccc1OCC(=O)Nc1cccc(C)c1. The van der Waals surface area contributed by atoms with Gasteiger partial charge in [-0.15, -0.1) is 0 Å². The van der Waals surface area contributed by atoms with Crippen molar-refractivity contribution in [2.45, 2.75) is 20.4 Å². The molecule has 0 saturated heterocycles. The minimum absolute atomic E-state index is 0.106. The van der Waals surface area contributed by atoms with Gasteiger partial charge in [-0.05, 0) is 61.4 Å². The molecule has 6 heteroatoms. The van der Waals surface area contributed by atoms with Crippen LogP contribution in [0.15, 0.2) is 66.7 Å². The molecule has 3 aromatic rings. The van der Waals surface area contributed by atoms with Gasteiger partial charge in [-0.1, -0.05) is 41.9 Å². The molecule has 0 atom stereocenters. The summed E-state index contributed by atoms with van der Waals surface area (Å²) in [6, 6.07) is 20.9. The molecule has 3 aromatic carbocycles. The first-order valence-electron chi connectivity index (χ1n) is 9.78. The van der Waals surface area contributed by atoms with Gasteiger partial charge in [0.1, 0.15) is 0 Å². The highest BCUT2D eigenvalue weighted by molar-refractivity contribution is 6.33. The number of aryl methyl sites for hydroxylation is 1. The summed E-state index contributed by atoms with van der Waals surface area (Å²) in [5.41, 5.74) is 3.70. The molecule has 0 aliphatic carbocycles. The molecule has 0 spiro atoms. The summed E-state index contributed by atoms with van der Waals surface area (Å²) < 4.78 is 11.4. The fourth-order valence-electron chi connectivity index (χ4n) is 2.92. The van der Waals surface area contributed by atoms with Crippen LogP contribution in [0.25, 0.3) is 0 Å². The number of para-hydroxylation sites is 1. The molecular formula is C24H25ClN2O3. The molecule has 0 saturated carbocycles. The predicted octanol–water partition coefficient (Wildman–Crippen LogP) is 5.68. The van der Waals surface area contributed by atoms with E-state index in [0.717, 1.165) is 22.5 Å². The maximum absolute atomic E-state index is 12.2. The zero-order chi connectivity index (χ0) is 21.3. The van der Waals surface area contributed by atoms with Gasteiger partial charge in [0.05, 0.1) is 17.3 Å². The Hall–Kier alpha value is -3.18. The van der Waals surface area contributed by atoms with Crippen LogP contribution in [0.2, 0.25) is 5.02 Å². The standard InChI is InChI=1S/C24H25ClN2O3/c1-3-29-23-14-18(15-26-21-10-5-4-9-20(21)25)11-12-22(23)30-16-24(28)27-19-8-6-7-17(2)13-19/h4-14,26H,3,15-16H2,1-2H3,(H,27,28). The van der Waals surface area contributed by atoms with Crippen LogP contribution in [-0.4, -0.2) is 19.1 Å². The topological polar surface area (TPSA) is 59.6 Å². The predicted molar refractivity (Wildman–Crippen MR) is 122 cm³/mol. The first-order valence-corrected chi connectivity index (χ1v) is 10.2. The highest BCUT2D eigenvalue weighted by Gasteiger charge is 2.10. The quantitative estimate of drug-likeness (QED) is 0.464. The van der Waals surface area contributed by atoms with E-state index in [1.54, 1.807) is 0 Å². The first kappa shape index (κ1) is 21.5. The molecule has 0 bridgehead atoms. The van der Waals surface area contributed by atoms with Gasteiger partial charge >= 0.3 is 0 Å². The van der Waals surface area contributed by atoms with Crippen molar-refractivity contribution >= 4 is 28.9 Å². The van der Waals surface area contributed by atoms with Crippen LogP contribution in [0.3, 0.4) is 0 Å². The Balaban J connectivity index is 1.61. The van der Waals surface area contributed by atoms with Crippen molar-refractivity contribution in [3.8, 4) is 11.5 Å². The normalized spacial score (nSPS) is 10.4. The van der Waals surface area contributed by atoms with Gasteiger partial charge in [0.2, 0.25) is 0 Å². The summed E-state index contributed by atoms with van der Waals surface area (Å²) in [6.07, 6.45) is 0. The molecule has 0 aliphatic heterocycles. The van der Waals surface area contributed by atoms with Crippen LogP contribution in [0.5, 0.6) is 11.5 Å². The number of carbonyl (C=O) groups is 1. The van der Waals surface area contributed by atoms with Crippen LogP contribution in [0.4, 0.5) is 11.4 Å². The van der Waals surface area contributed by atoms with Crippen LogP contribution < -0.4 is 20.1 Å². The van der Waals surface area contributed by atoms with Gasteiger partial charge in [-0.3, -0.25) is 4.79 Å². The van der Waals surface area contributed by atoms with Crippen molar-refractivity contribution in [2.24, 2.45) is 0 Å². The Morgan fingerprint density at radius 1 is 0.967 bits per heavy atom. The van der Waals surface area contributed by atoms with E-state index in [1.165, 1.54) is 0 Å². The van der Waals surface area contributed by atoms with Gasteiger partial charge in [-0.25, -0.2) is 0 Å². The summed E-state index contributed by atoms with van der Waals surface area (Å²) >= 11 is 6.19. The van der Waals surface area contributed by atoms with Gasteiger partial charge in [0.25, 0.3) is 5.91 Å². The Morgan fingerprint density at radius 2 is 1.80 bits per heavy atom. The second-order valence-corrected chi connectivity index (χ2v) is 7.16. The van der Waals surface area contributed by atoms with Crippen LogP contribution in [-0.2, 0) is 11.3 Å². The van der Waals surface area contributed by atoms with E-state index in [4.69, 9.17) is 21.1 Å². The molecule has 0 fully saturated rings. The van der Waals surface area contributed by atoms with Crippen LogP contribution >= 0.6 is 11.6 Å². The van der Waals surface area contributed by atoms with E-state index in [1.807, 2.05) is 80.6 Å². The molecule has 2 N–H and O–H groups in total. The highest BCUT2D eigenvalue weighted by atomic mass is 35.5. The van der Waals surface area contributed by atoms with Crippen LogP contribution in [0.1, 0.15) is 18.1 Å². The fourth-order valence-corrected chi connectivity index (χ4v) is 3.12. The smallest absolute Gasteiger partial charge is 0.262 e. The number of anilines is 2. The van der Waals surface area contributed by atoms with Crippen molar-refractivity contribution < 1.29 is 14.3 Å². The first-order chi connectivity index (χ1) is 14.5. The molecule has 156 valence electrons. The molecule has 5 nitrogen and oxygen atoms in total. The average Bonchev–Trinajstić information content (AvgIpc) is 2.73. The lowest BCUT2D eigenvalue weighted by Gasteiger charge is -2.14. The number of hydrogen-bond acceptors (Lipinski definition) is 4. The monoisotopic (exact) mass is 424 g/mol. The van der Waals surface area contributed by atoms with Gasteiger partial charge in [0, 0.05) is 12.2 Å². The Bertz CT molecular complexity index is 1010. The lowest BCUT2D eigenvalue weighted by atomic mass is 10.2. The fraction of sp³-hybridized carbons (Fsp3) is 0.208. The summed E-state index contributed by atoms with van der Waals surface area (Å²) in [7, 11) is 0. The minimum Gasteiger partial charge on any atom is -0.490 e. The van der Waals surface area contributed by atoms with Crippen LogP contribution in [0, 0.1) is 6.92 Å². The third kappa shape index (κ3) is 6.16. The maximum atomic E-state index is 12.2. The number of ether oxygens (including phenoxy) is 2. The number of rotatable bonds is 9. The number of hydrogen-bond donors (Lipinski definition) is 2. The number of halogens is 1. The van der Waals surface area contributed by atoms with Crippen molar-refractivity contribution in [1.82, 2.24) is 0 Å². The molecule has 3 rings (SSSR count). The molecular weight excluding hydrogens is 400 g/mol. The second-order valence-electron chi connectivity index (χ2n) is 6.75. The van der Waals surface area contributed by atoms with E-state index in [-0.39, 0.29) is 12.5 Å². The number of nitrogens with one attached hydrogen (secondary N) is 2. The van der Waals surface area contributed by atoms with Crippen molar-refractivity contribution in [3.63, 3.8) is 0 Å². The largest absolute Gasteiger partial charge is 0.490 e. The van der Waals surface area contributed by atoms with Gasteiger partial charge in [0.15, 0.2) is 18.1 Å². The number of amides is 1. The van der Waals surface area contributed by atoms with Crippen molar-refractivity contribution in [1.29, 1.82) is 0 Å². The number of carbonyl (C=O) groups excluding carboxylic acids is 1. The summed E-state index contributed by atoms with van der Waals surface area (Å²) in [5.74, 6) is 0.893. The van der Waals surface area contributed by atoms with E-state index in [9.17, 15) is 4.79 Å². The Labute approximate surface area is 182 Å². The van der Waals surface area contributed by atoms with E-state index >= 15 is 0 Å². The summed E-state index contributed by atoms with van der Waals surface area (Å²) in [6.45, 7) is 4.85. The van der Waals surface area contributed by atoms with E-state index < -0.39 is 0 Å². The molecule has 1 amide bonds. The third-order valence-corrected chi connectivity index (χ3v) is 4.65. The summed E-state index contributed by atoms with van der Waals surface area (Å²) in [4.78, 5) is 12.2. The summed E-state index contributed by atoms with van der Waals surface area (Å²) in [5, 5.41) is 6.81. The zero-order valence-corrected chi connectivity index (χ0v) is 17.8. The Morgan fingerprint density at radius 3 is 2.57 bits per heavy atom. The molecule has 0 aromatic heterocycles. The van der Waals surface area contributed by atoms with Gasteiger partial charge < -0.3 is 20.1 Å². The lowest BCUT2D eigenvalue weighted by molar-refractivity contribution is -0.118. The average molecular weight is 425 g/mol. The Kier molecular flexibility index (Phi) is 7.57. The minimum atomic E-state index is -0.229.